The van der Waals surface area contributed by atoms with Crippen molar-refractivity contribution in [3.63, 3.8) is 0 Å². The maximum atomic E-state index is 13.6. The molecule has 2 aliphatic rings. The van der Waals surface area contributed by atoms with E-state index in [2.05, 4.69) is 17.3 Å². The van der Waals surface area contributed by atoms with Gasteiger partial charge in [-0.1, -0.05) is 30.3 Å². The van der Waals surface area contributed by atoms with E-state index in [4.69, 9.17) is 4.74 Å². The van der Waals surface area contributed by atoms with Gasteiger partial charge in [-0.15, -0.1) is 0 Å². The molecule has 1 saturated heterocycles. The van der Waals surface area contributed by atoms with Gasteiger partial charge in [0.1, 0.15) is 11.9 Å². The molecule has 3 aromatic rings. The lowest BCUT2D eigenvalue weighted by atomic mass is 9.99. The fourth-order valence-corrected chi connectivity index (χ4v) is 4.86. The maximum absolute atomic E-state index is 13.6. The molecule has 2 amide bonds. The number of carbonyl (C=O) groups excluding carboxylic acids is 2. The molecular formula is C29H28N4O5. The number of carbonyl (C=O) groups is 2. The van der Waals surface area contributed by atoms with E-state index < -0.39 is 16.7 Å². The van der Waals surface area contributed by atoms with Crippen molar-refractivity contribution in [2.24, 2.45) is 0 Å². The maximum Gasteiger partial charge on any atom is 0.271 e. The fraction of sp³-hybridized carbons (Fsp3) is 0.241. The molecule has 1 fully saturated rings. The molecule has 0 bridgehead atoms. The van der Waals surface area contributed by atoms with Crippen molar-refractivity contribution in [1.82, 2.24) is 4.90 Å². The summed E-state index contributed by atoms with van der Waals surface area (Å²) >= 11 is 0. The molecule has 0 saturated carbocycles. The molecule has 194 valence electrons. The van der Waals surface area contributed by atoms with Crippen molar-refractivity contribution in [1.29, 1.82) is 0 Å². The van der Waals surface area contributed by atoms with Gasteiger partial charge in [-0.25, -0.2) is 4.90 Å². The first kappa shape index (κ1) is 25.2. The number of nitro groups is 1. The van der Waals surface area contributed by atoms with Crippen LogP contribution in [-0.2, 0) is 9.59 Å². The molecule has 9 heteroatoms. The number of nitro benzene ring substituents is 1. The molecule has 0 radical (unpaired) electrons. The van der Waals surface area contributed by atoms with Crippen LogP contribution in [0.25, 0.3) is 11.3 Å². The SMILES string of the molecule is CC(=O)N1C(=O)/C(=C(\Nc2ccc(OC3CCN(C)CC3)cc2)c2ccccc2)c2ccc([N+](=O)[O-])cc21. The van der Waals surface area contributed by atoms with Gasteiger partial charge in [0.25, 0.3) is 11.6 Å². The van der Waals surface area contributed by atoms with Crippen LogP contribution in [0.5, 0.6) is 5.75 Å². The molecule has 0 aromatic heterocycles. The average molecular weight is 513 g/mol. The van der Waals surface area contributed by atoms with Gasteiger partial charge in [-0.3, -0.25) is 19.7 Å². The van der Waals surface area contributed by atoms with Crippen LogP contribution in [0.4, 0.5) is 17.1 Å². The fourth-order valence-electron chi connectivity index (χ4n) is 4.86. The van der Waals surface area contributed by atoms with Crippen molar-refractivity contribution in [2.45, 2.75) is 25.9 Å². The molecule has 0 aliphatic carbocycles. The number of nitrogens with one attached hydrogen (secondary N) is 1. The van der Waals surface area contributed by atoms with E-state index in [1.807, 2.05) is 54.6 Å². The normalized spacial score (nSPS) is 17.2. The van der Waals surface area contributed by atoms with Crippen molar-refractivity contribution in [3.8, 4) is 5.75 Å². The first-order valence-electron chi connectivity index (χ1n) is 12.5. The first-order valence-corrected chi connectivity index (χ1v) is 12.5. The minimum absolute atomic E-state index is 0.182. The topological polar surface area (TPSA) is 105 Å². The van der Waals surface area contributed by atoms with Gasteiger partial charge in [0.05, 0.1) is 21.9 Å². The third-order valence-electron chi connectivity index (χ3n) is 6.84. The van der Waals surface area contributed by atoms with Gasteiger partial charge in [0, 0.05) is 43.4 Å². The van der Waals surface area contributed by atoms with Crippen LogP contribution in [-0.4, -0.2) is 47.9 Å². The number of ether oxygens (including phenoxy) is 1. The summed E-state index contributed by atoms with van der Waals surface area (Å²) in [5.74, 6) is -0.285. The smallest absolute Gasteiger partial charge is 0.271 e. The number of nitrogens with zero attached hydrogens (tertiary/aromatic N) is 3. The Morgan fingerprint density at radius 1 is 1.03 bits per heavy atom. The van der Waals surface area contributed by atoms with Crippen molar-refractivity contribution < 1.29 is 19.2 Å². The lowest BCUT2D eigenvalue weighted by molar-refractivity contribution is -0.384. The van der Waals surface area contributed by atoms with Crippen molar-refractivity contribution in [2.75, 3.05) is 30.4 Å². The third-order valence-corrected chi connectivity index (χ3v) is 6.84. The van der Waals surface area contributed by atoms with Crippen LogP contribution >= 0.6 is 0 Å². The van der Waals surface area contributed by atoms with Gasteiger partial charge in [-0.05, 0) is 55.8 Å². The van der Waals surface area contributed by atoms with E-state index in [0.717, 1.165) is 47.8 Å². The number of amides is 2. The largest absolute Gasteiger partial charge is 0.490 e. The molecule has 0 atom stereocenters. The monoisotopic (exact) mass is 512 g/mol. The number of hydrogen-bond donors (Lipinski definition) is 1. The highest BCUT2D eigenvalue weighted by molar-refractivity contribution is 6.43. The van der Waals surface area contributed by atoms with Gasteiger partial charge in [0.2, 0.25) is 5.91 Å². The van der Waals surface area contributed by atoms with Gasteiger partial charge in [0.15, 0.2) is 0 Å². The van der Waals surface area contributed by atoms with E-state index in [1.165, 1.54) is 25.1 Å². The Balaban J connectivity index is 1.52. The molecule has 5 rings (SSSR count). The number of likely N-dealkylation sites (tertiary alicyclic amines) is 1. The highest BCUT2D eigenvalue weighted by Gasteiger charge is 2.38. The van der Waals surface area contributed by atoms with E-state index in [9.17, 15) is 19.7 Å². The Morgan fingerprint density at radius 3 is 2.34 bits per heavy atom. The molecule has 0 unspecified atom stereocenters. The zero-order valence-electron chi connectivity index (χ0n) is 21.2. The van der Waals surface area contributed by atoms with Crippen LogP contribution in [0.2, 0.25) is 0 Å². The zero-order valence-corrected chi connectivity index (χ0v) is 21.2. The Morgan fingerprint density at radius 2 is 1.71 bits per heavy atom. The van der Waals surface area contributed by atoms with E-state index in [-0.39, 0.29) is 23.1 Å². The first-order chi connectivity index (χ1) is 18.3. The Bertz CT molecular complexity index is 1410. The average Bonchev–Trinajstić information content (AvgIpc) is 3.21. The molecule has 2 aliphatic heterocycles. The minimum atomic E-state index is -0.545. The van der Waals surface area contributed by atoms with E-state index in [0.29, 0.717) is 11.3 Å². The van der Waals surface area contributed by atoms with Crippen LogP contribution in [0, 0.1) is 10.1 Å². The summed E-state index contributed by atoms with van der Waals surface area (Å²) in [5.41, 5.74) is 2.68. The second-order valence-electron chi connectivity index (χ2n) is 9.50. The van der Waals surface area contributed by atoms with Crippen LogP contribution in [0.3, 0.4) is 0 Å². The van der Waals surface area contributed by atoms with Crippen LogP contribution in [0.1, 0.15) is 30.9 Å². The summed E-state index contributed by atoms with van der Waals surface area (Å²) in [6.07, 6.45) is 2.14. The summed E-state index contributed by atoms with van der Waals surface area (Å²) < 4.78 is 6.16. The standard InChI is InChI=1S/C29H28N4O5/c1-19(34)32-26-18-22(33(36)37)10-13-25(26)27(29(32)35)28(20-6-4-3-5-7-20)30-21-8-11-23(12-9-21)38-24-14-16-31(2)17-15-24/h3-13,18,24,30H,14-17H2,1-2H3/b28-27-. The van der Waals surface area contributed by atoms with Crippen LogP contribution in [0.15, 0.2) is 72.8 Å². The number of piperidine rings is 1. The quantitative estimate of drug-likeness (QED) is 0.283. The lowest BCUT2D eigenvalue weighted by Gasteiger charge is -2.29. The zero-order chi connectivity index (χ0) is 26.8. The van der Waals surface area contributed by atoms with Crippen molar-refractivity contribution in [3.05, 3.63) is 94.0 Å². The molecule has 2 heterocycles. The molecule has 38 heavy (non-hydrogen) atoms. The van der Waals surface area contributed by atoms with Crippen LogP contribution < -0.4 is 15.0 Å². The Labute approximate surface area is 220 Å². The highest BCUT2D eigenvalue weighted by atomic mass is 16.6. The second kappa shape index (κ2) is 10.5. The summed E-state index contributed by atoms with van der Waals surface area (Å²) in [6, 6.07) is 21.0. The predicted molar refractivity (Wildman–Crippen MR) is 146 cm³/mol. The predicted octanol–water partition coefficient (Wildman–Crippen LogP) is 4.94. The van der Waals surface area contributed by atoms with Gasteiger partial charge in [-0.2, -0.15) is 0 Å². The van der Waals surface area contributed by atoms with E-state index in [1.54, 1.807) is 0 Å². The summed E-state index contributed by atoms with van der Waals surface area (Å²) in [4.78, 5) is 40.2. The van der Waals surface area contributed by atoms with Crippen molar-refractivity contribution >= 4 is 40.1 Å². The third kappa shape index (κ3) is 5.01. The molecule has 9 nitrogen and oxygen atoms in total. The number of hydrogen-bond acceptors (Lipinski definition) is 7. The number of rotatable bonds is 6. The summed E-state index contributed by atoms with van der Waals surface area (Å²) in [6.45, 7) is 3.28. The number of non-ortho nitro benzene ring substituents is 1. The summed E-state index contributed by atoms with van der Waals surface area (Å²) in [5, 5.41) is 14.8. The lowest BCUT2D eigenvalue weighted by Crippen LogP contribution is -2.35. The Hall–Kier alpha value is -4.50. The molecule has 1 N–H and O–H groups in total. The van der Waals surface area contributed by atoms with Gasteiger partial charge < -0.3 is 15.0 Å². The number of fused-ring (bicyclic) bond motifs is 1. The number of anilines is 2. The van der Waals surface area contributed by atoms with Gasteiger partial charge >= 0.3 is 0 Å². The number of benzene rings is 3. The molecule has 3 aromatic carbocycles. The highest BCUT2D eigenvalue weighted by Crippen LogP contribution is 2.43. The Kier molecular flexibility index (Phi) is 6.93. The summed E-state index contributed by atoms with van der Waals surface area (Å²) in [7, 11) is 2.11. The van der Waals surface area contributed by atoms with E-state index >= 15 is 0 Å². The molecule has 0 spiro atoms. The number of imide groups is 1. The minimum Gasteiger partial charge on any atom is -0.490 e. The molecular weight excluding hydrogens is 484 g/mol. The second-order valence-corrected chi connectivity index (χ2v) is 9.50.